The fourth-order valence-electron chi connectivity index (χ4n) is 2.76. The summed E-state index contributed by atoms with van der Waals surface area (Å²) in [5.41, 5.74) is 0.0478. The van der Waals surface area contributed by atoms with Crippen molar-refractivity contribution in [2.24, 2.45) is 0 Å². The van der Waals surface area contributed by atoms with Gasteiger partial charge in [-0.05, 0) is 18.6 Å². The minimum atomic E-state index is -1.50. The Hall–Kier alpha value is -3.10. The van der Waals surface area contributed by atoms with Gasteiger partial charge in [-0.1, -0.05) is 25.5 Å². The van der Waals surface area contributed by atoms with Crippen molar-refractivity contribution in [1.82, 2.24) is 14.9 Å². The number of ketones is 1. The largest absolute Gasteiger partial charge is 0.481 e. The van der Waals surface area contributed by atoms with Crippen LogP contribution in [0.3, 0.4) is 0 Å². The molecule has 2 N–H and O–H groups in total. The number of aromatic nitrogens is 2. The topological polar surface area (TPSA) is 118 Å². The number of hydrogen-bond acceptors (Lipinski definition) is 5. The number of carboxylic acids is 1. The van der Waals surface area contributed by atoms with Crippen LogP contribution in [-0.2, 0) is 14.4 Å². The highest BCUT2D eigenvalue weighted by molar-refractivity contribution is 5.93. The van der Waals surface area contributed by atoms with Crippen molar-refractivity contribution in [3.63, 3.8) is 0 Å². The van der Waals surface area contributed by atoms with Gasteiger partial charge in [-0.2, -0.15) is 0 Å². The molecule has 2 aromatic rings. The van der Waals surface area contributed by atoms with Gasteiger partial charge in [-0.3, -0.25) is 23.7 Å². The molecule has 0 spiro atoms. The molecule has 1 aromatic carbocycles. The number of hydrogen-bond donors (Lipinski definition) is 2. The van der Waals surface area contributed by atoms with Gasteiger partial charge in [0.1, 0.15) is 18.8 Å². The van der Waals surface area contributed by atoms with Crippen LogP contribution in [0.1, 0.15) is 32.2 Å². The minimum absolute atomic E-state index is 0.259. The Morgan fingerprint density at radius 1 is 1.30 bits per heavy atom. The number of nitrogens with zero attached hydrogens (tertiary/aromatic N) is 2. The number of nitrogens with one attached hydrogen (secondary N) is 1. The van der Waals surface area contributed by atoms with Crippen LogP contribution in [0.4, 0.5) is 4.39 Å². The van der Waals surface area contributed by atoms with Gasteiger partial charge in [0.25, 0.3) is 5.56 Å². The van der Waals surface area contributed by atoms with Gasteiger partial charge in [0.15, 0.2) is 5.78 Å². The summed E-state index contributed by atoms with van der Waals surface area (Å²) in [7, 11) is 0. The van der Waals surface area contributed by atoms with E-state index in [-0.39, 0.29) is 6.42 Å². The zero-order valence-corrected chi connectivity index (χ0v) is 14.7. The standard InChI is InChI=1S/C18H20FN3O5/c1-2-5-14(17(26)21-13(8-16(24)25)15(23)9-19)22-10-20-12-7-4-3-6-11(12)18(22)27/h3-4,6-7,10,13-14H,2,5,8-9H2,1H3,(H,21,26)(H,24,25)/t13?,14-/m0/s1. The Labute approximate surface area is 154 Å². The first kappa shape index (κ1) is 20.2. The summed E-state index contributed by atoms with van der Waals surface area (Å²) in [5.74, 6) is -3.12. The third-order valence-electron chi connectivity index (χ3n) is 4.11. The molecule has 0 fully saturated rings. The molecule has 1 heterocycles. The Kier molecular flexibility index (Phi) is 6.75. The Balaban J connectivity index is 2.37. The molecule has 0 bridgehead atoms. The molecular formula is C18H20FN3O5. The molecule has 1 amide bonds. The van der Waals surface area contributed by atoms with Gasteiger partial charge in [0.05, 0.1) is 23.7 Å². The first-order valence-corrected chi connectivity index (χ1v) is 8.45. The maximum absolute atomic E-state index is 12.7. The lowest BCUT2D eigenvalue weighted by molar-refractivity contribution is -0.140. The fourth-order valence-corrected chi connectivity index (χ4v) is 2.76. The second kappa shape index (κ2) is 9.02. The van der Waals surface area contributed by atoms with E-state index >= 15 is 0 Å². The molecule has 2 rings (SSSR count). The number of carbonyl (C=O) groups excluding carboxylic acids is 2. The number of aliphatic carboxylic acids is 1. The van der Waals surface area contributed by atoms with E-state index in [1.165, 1.54) is 6.33 Å². The van der Waals surface area contributed by atoms with Crippen molar-refractivity contribution >= 4 is 28.6 Å². The monoisotopic (exact) mass is 377 g/mol. The average molecular weight is 377 g/mol. The average Bonchev–Trinajstić information content (AvgIpc) is 2.65. The number of fused-ring (bicyclic) bond motifs is 1. The number of amides is 1. The van der Waals surface area contributed by atoms with Gasteiger partial charge in [0.2, 0.25) is 5.91 Å². The van der Waals surface area contributed by atoms with Crippen LogP contribution < -0.4 is 10.9 Å². The first-order chi connectivity index (χ1) is 12.9. The molecule has 1 unspecified atom stereocenters. The number of halogens is 1. The van der Waals surface area contributed by atoms with Crippen LogP contribution in [-0.4, -0.2) is 45.0 Å². The van der Waals surface area contributed by atoms with Crippen molar-refractivity contribution < 1.29 is 23.9 Å². The number of Topliss-reactive ketones (excluding diaryl/α,β-unsaturated/α-hetero) is 1. The SMILES string of the molecule is CCC[C@@H](C(=O)NC(CC(=O)O)C(=O)CF)n1cnc2ccccc2c1=O. The van der Waals surface area contributed by atoms with Gasteiger partial charge >= 0.3 is 5.97 Å². The molecular weight excluding hydrogens is 357 g/mol. The van der Waals surface area contributed by atoms with Gasteiger partial charge in [-0.15, -0.1) is 0 Å². The van der Waals surface area contributed by atoms with Crippen LogP contribution >= 0.6 is 0 Å². The quantitative estimate of drug-likeness (QED) is 0.679. The molecule has 0 aliphatic carbocycles. The lowest BCUT2D eigenvalue weighted by Crippen LogP contribution is -2.47. The molecule has 9 heteroatoms. The smallest absolute Gasteiger partial charge is 0.305 e. The molecule has 27 heavy (non-hydrogen) atoms. The summed E-state index contributed by atoms with van der Waals surface area (Å²) in [4.78, 5) is 52.1. The number of benzene rings is 1. The molecule has 8 nitrogen and oxygen atoms in total. The second-order valence-corrected chi connectivity index (χ2v) is 6.04. The fraction of sp³-hybridized carbons (Fsp3) is 0.389. The summed E-state index contributed by atoms with van der Waals surface area (Å²) < 4.78 is 13.8. The molecule has 0 radical (unpaired) electrons. The maximum atomic E-state index is 12.7. The van der Waals surface area contributed by atoms with Crippen LogP contribution in [0.25, 0.3) is 10.9 Å². The Morgan fingerprint density at radius 2 is 2.00 bits per heavy atom. The van der Waals surface area contributed by atoms with E-state index in [1.54, 1.807) is 31.2 Å². The predicted octanol–water partition coefficient (Wildman–Crippen LogP) is 1.24. The van der Waals surface area contributed by atoms with Crippen molar-refractivity contribution in [1.29, 1.82) is 0 Å². The van der Waals surface area contributed by atoms with E-state index in [0.717, 1.165) is 4.57 Å². The van der Waals surface area contributed by atoms with Gasteiger partial charge in [-0.25, -0.2) is 9.37 Å². The Bertz CT molecular complexity index is 911. The summed E-state index contributed by atoms with van der Waals surface area (Å²) in [6.07, 6.45) is 1.30. The van der Waals surface area contributed by atoms with E-state index in [1.807, 2.05) is 0 Å². The zero-order valence-electron chi connectivity index (χ0n) is 14.7. The summed E-state index contributed by atoms with van der Waals surface area (Å²) in [6, 6.07) is 4.16. The normalized spacial score (nSPS) is 13.1. The van der Waals surface area contributed by atoms with Crippen LogP contribution in [0.2, 0.25) is 0 Å². The van der Waals surface area contributed by atoms with Crippen molar-refractivity contribution in [3.05, 3.63) is 40.9 Å². The number of alkyl halides is 1. The molecule has 0 aliphatic rings. The molecule has 144 valence electrons. The van der Waals surface area contributed by atoms with E-state index in [4.69, 9.17) is 5.11 Å². The summed E-state index contributed by atoms with van der Waals surface area (Å²) in [5, 5.41) is 11.5. The third kappa shape index (κ3) is 4.75. The van der Waals surface area contributed by atoms with E-state index in [9.17, 15) is 23.6 Å². The Morgan fingerprint density at radius 3 is 2.63 bits per heavy atom. The lowest BCUT2D eigenvalue weighted by atomic mass is 10.1. The second-order valence-electron chi connectivity index (χ2n) is 6.04. The molecule has 0 saturated carbocycles. The summed E-state index contributed by atoms with van der Waals surface area (Å²) >= 11 is 0. The lowest BCUT2D eigenvalue weighted by Gasteiger charge is -2.22. The van der Waals surface area contributed by atoms with Crippen LogP contribution in [0, 0.1) is 0 Å². The predicted molar refractivity (Wildman–Crippen MR) is 95.1 cm³/mol. The van der Waals surface area contributed by atoms with Crippen molar-refractivity contribution in [2.75, 3.05) is 6.67 Å². The number of para-hydroxylation sites is 1. The number of rotatable bonds is 9. The highest BCUT2D eigenvalue weighted by atomic mass is 19.1. The number of carbonyl (C=O) groups is 3. The summed E-state index contributed by atoms with van der Waals surface area (Å²) in [6.45, 7) is 0.412. The van der Waals surface area contributed by atoms with E-state index in [2.05, 4.69) is 10.3 Å². The van der Waals surface area contributed by atoms with Crippen LogP contribution in [0.15, 0.2) is 35.4 Å². The molecule has 1 aromatic heterocycles. The third-order valence-corrected chi connectivity index (χ3v) is 4.11. The minimum Gasteiger partial charge on any atom is -0.481 e. The van der Waals surface area contributed by atoms with Crippen molar-refractivity contribution in [3.8, 4) is 0 Å². The highest BCUT2D eigenvalue weighted by Crippen LogP contribution is 2.15. The van der Waals surface area contributed by atoms with E-state index in [0.29, 0.717) is 17.3 Å². The highest BCUT2D eigenvalue weighted by Gasteiger charge is 2.28. The van der Waals surface area contributed by atoms with Crippen molar-refractivity contribution in [2.45, 2.75) is 38.3 Å². The van der Waals surface area contributed by atoms with Gasteiger partial charge < -0.3 is 10.4 Å². The maximum Gasteiger partial charge on any atom is 0.305 e. The molecule has 0 aliphatic heterocycles. The zero-order chi connectivity index (χ0) is 20.0. The molecule has 0 saturated heterocycles. The van der Waals surface area contributed by atoms with Gasteiger partial charge in [0, 0.05) is 0 Å². The first-order valence-electron chi connectivity index (χ1n) is 8.45. The molecule has 2 atom stereocenters. The van der Waals surface area contributed by atoms with Crippen LogP contribution in [0.5, 0.6) is 0 Å². The van der Waals surface area contributed by atoms with E-state index < -0.39 is 48.4 Å². The number of carboxylic acid groups (broad SMARTS) is 1.